The Morgan fingerprint density at radius 3 is 2.24 bits per heavy atom. The minimum atomic E-state index is -0.930. The molecule has 174 valence electrons. The van der Waals surface area contributed by atoms with E-state index in [0.29, 0.717) is 17.5 Å². The molecular weight excluding hydrogens is 446 g/mol. The Morgan fingerprint density at radius 1 is 1.00 bits per heavy atom. The number of nitrogens with zero attached hydrogens (tertiary/aromatic N) is 2. The molecule has 1 aromatic heterocycles. The SMILES string of the molecule is CCN(C(=O)c1c(O)c2ccc(OC)cc2n(-c2ccc(O)cc2)c1=O)c1cc(F)cc(F)c1. The fraction of sp³-hybridized carbons (Fsp3) is 0.120. The fourth-order valence-electron chi connectivity index (χ4n) is 3.81. The predicted octanol–water partition coefficient (Wildman–Crippen LogP) is 4.36. The maximum atomic E-state index is 13.8. The van der Waals surface area contributed by atoms with Gasteiger partial charge in [-0.05, 0) is 55.5 Å². The summed E-state index contributed by atoms with van der Waals surface area (Å²) in [5.74, 6) is -2.91. The number of aromatic hydroxyl groups is 2. The first-order chi connectivity index (χ1) is 16.2. The molecule has 4 aromatic rings. The first kappa shape index (κ1) is 22.8. The number of methoxy groups -OCH3 is 1. The van der Waals surface area contributed by atoms with Crippen LogP contribution in [0, 0.1) is 11.6 Å². The second-order valence-corrected chi connectivity index (χ2v) is 7.44. The topological polar surface area (TPSA) is 92.0 Å². The summed E-state index contributed by atoms with van der Waals surface area (Å²) >= 11 is 0. The van der Waals surface area contributed by atoms with Crippen LogP contribution < -0.4 is 15.2 Å². The van der Waals surface area contributed by atoms with E-state index >= 15 is 0 Å². The van der Waals surface area contributed by atoms with Crippen molar-refractivity contribution < 1.29 is 28.5 Å². The molecule has 0 radical (unpaired) electrons. The van der Waals surface area contributed by atoms with E-state index in [9.17, 15) is 28.6 Å². The molecule has 0 aliphatic heterocycles. The average molecular weight is 466 g/mol. The number of phenols is 1. The van der Waals surface area contributed by atoms with Gasteiger partial charge in [-0.1, -0.05) is 0 Å². The van der Waals surface area contributed by atoms with Crippen LogP contribution in [0.3, 0.4) is 0 Å². The Bertz CT molecular complexity index is 1450. The summed E-state index contributed by atoms with van der Waals surface area (Å²) in [6.07, 6.45) is 0. The van der Waals surface area contributed by atoms with Crippen molar-refractivity contribution in [2.45, 2.75) is 6.92 Å². The zero-order valence-electron chi connectivity index (χ0n) is 18.3. The van der Waals surface area contributed by atoms with Crippen molar-refractivity contribution in [3.05, 3.63) is 88.2 Å². The number of ether oxygens (including phenoxy) is 1. The maximum Gasteiger partial charge on any atom is 0.272 e. The molecule has 0 unspecified atom stereocenters. The number of benzene rings is 3. The second-order valence-electron chi connectivity index (χ2n) is 7.44. The van der Waals surface area contributed by atoms with E-state index in [1.165, 1.54) is 48.1 Å². The van der Waals surface area contributed by atoms with Gasteiger partial charge in [0, 0.05) is 35.4 Å². The fourth-order valence-corrected chi connectivity index (χ4v) is 3.81. The standard InChI is InChI=1S/C25H20F2N2O5/c1-3-28(17-11-14(26)10-15(27)12-17)24(32)22-23(31)20-9-8-19(34-2)13-21(20)29(25(22)33)16-4-6-18(30)7-5-16/h4-13,30-31H,3H2,1-2H3. The van der Waals surface area contributed by atoms with Crippen LogP contribution in [-0.4, -0.2) is 34.3 Å². The highest BCUT2D eigenvalue weighted by Gasteiger charge is 2.28. The highest BCUT2D eigenvalue weighted by molar-refractivity contribution is 6.10. The van der Waals surface area contributed by atoms with Gasteiger partial charge in [-0.15, -0.1) is 0 Å². The van der Waals surface area contributed by atoms with Crippen molar-refractivity contribution in [3.63, 3.8) is 0 Å². The smallest absolute Gasteiger partial charge is 0.272 e. The van der Waals surface area contributed by atoms with Crippen LogP contribution in [0.2, 0.25) is 0 Å². The zero-order valence-corrected chi connectivity index (χ0v) is 18.3. The molecule has 0 aliphatic rings. The van der Waals surface area contributed by atoms with Crippen LogP contribution in [-0.2, 0) is 0 Å². The van der Waals surface area contributed by atoms with E-state index in [4.69, 9.17) is 4.74 Å². The number of pyridine rings is 1. The van der Waals surface area contributed by atoms with Crippen LogP contribution in [0.25, 0.3) is 16.6 Å². The quantitative estimate of drug-likeness (QED) is 0.456. The molecule has 34 heavy (non-hydrogen) atoms. The first-order valence-electron chi connectivity index (χ1n) is 10.3. The number of aromatic nitrogens is 1. The summed E-state index contributed by atoms with van der Waals surface area (Å²) in [7, 11) is 1.44. The van der Waals surface area contributed by atoms with E-state index in [0.717, 1.165) is 17.0 Å². The molecule has 0 saturated carbocycles. The normalized spacial score (nSPS) is 10.9. The minimum Gasteiger partial charge on any atom is -0.508 e. The summed E-state index contributed by atoms with van der Waals surface area (Å²) in [6, 6.07) is 12.9. The summed E-state index contributed by atoms with van der Waals surface area (Å²) in [5, 5.41) is 20.8. The van der Waals surface area contributed by atoms with Gasteiger partial charge in [0.1, 0.15) is 34.4 Å². The van der Waals surface area contributed by atoms with Crippen LogP contribution in [0.1, 0.15) is 17.3 Å². The number of anilines is 1. The summed E-state index contributed by atoms with van der Waals surface area (Å²) < 4.78 is 34.1. The van der Waals surface area contributed by atoms with Gasteiger partial charge in [-0.2, -0.15) is 0 Å². The third-order valence-corrected chi connectivity index (χ3v) is 5.40. The van der Waals surface area contributed by atoms with Crippen LogP contribution in [0.4, 0.5) is 14.5 Å². The Hall–Kier alpha value is -4.40. The summed E-state index contributed by atoms with van der Waals surface area (Å²) in [5.41, 5.74) is -0.963. The number of fused-ring (bicyclic) bond motifs is 1. The van der Waals surface area contributed by atoms with E-state index < -0.39 is 34.4 Å². The predicted molar refractivity (Wildman–Crippen MR) is 123 cm³/mol. The molecule has 7 nitrogen and oxygen atoms in total. The molecule has 3 aromatic carbocycles. The Labute approximate surface area is 192 Å². The van der Waals surface area contributed by atoms with Gasteiger partial charge in [-0.25, -0.2) is 8.78 Å². The van der Waals surface area contributed by atoms with Crippen molar-refractivity contribution in [1.29, 1.82) is 0 Å². The lowest BCUT2D eigenvalue weighted by Crippen LogP contribution is -2.37. The van der Waals surface area contributed by atoms with Crippen molar-refractivity contribution >= 4 is 22.5 Å². The molecule has 4 rings (SSSR count). The molecule has 0 saturated heterocycles. The van der Waals surface area contributed by atoms with E-state index in [-0.39, 0.29) is 28.9 Å². The number of hydrogen-bond donors (Lipinski definition) is 2. The average Bonchev–Trinajstić information content (AvgIpc) is 2.80. The molecule has 0 fully saturated rings. The molecule has 1 amide bonds. The number of rotatable bonds is 5. The molecule has 0 aliphatic carbocycles. The number of phenolic OH excluding ortho intramolecular Hbond substituents is 1. The van der Waals surface area contributed by atoms with Gasteiger partial charge in [0.15, 0.2) is 0 Å². The number of amides is 1. The van der Waals surface area contributed by atoms with E-state index in [1.54, 1.807) is 13.0 Å². The number of carbonyl (C=O) groups excluding carboxylic acids is 1. The van der Waals surface area contributed by atoms with Gasteiger partial charge in [0.25, 0.3) is 11.5 Å². The summed E-state index contributed by atoms with van der Waals surface area (Å²) in [6.45, 7) is 1.54. The first-order valence-corrected chi connectivity index (χ1v) is 10.3. The summed E-state index contributed by atoms with van der Waals surface area (Å²) in [4.78, 5) is 28.1. The van der Waals surface area contributed by atoms with Gasteiger partial charge in [-0.3, -0.25) is 14.2 Å². The Balaban J connectivity index is 2.02. The maximum absolute atomic E-state index is 13.8. The van der Waals surface area contributed by atoms with Crippen molar-refractivity contribution in [1.82, 2.24) is 4.57 Å². The Morgan fingerprint density at radius 2 is 1.65 bits per heavy atom. The monoisotopic (exact) mass is 466 g/mol. The lowest BCUT2D eigenvalue weighted by atomic mass is 10.1. The lowest BCUT2D eigenvalue weighted by Gasteiger charge is -2.23. The van der Waals surface area contributed by atoms with Crippen molar-refractivity contribution in [2.75, 3.05) is 18.6 Å². The van der Waals surface area contributed by atoms with Crippen molar-refractivity contribution in [3.8, 4) is 22.9 Å². The number of halogens is 2. The largest absolute Gasteiger partial charge is 0.508 e. The molecule has 0 spiro atoms. The zero-order chi connectivity index (χ0) is 24.6. The Kier molecular flexibility index (Phi) is 5.93. The molecule has 0 atom stereocenters. The van der Waals surface area contributed by atoms with Crippen LogP contribution in [0.5, 0.6) is 17.2 Å². The van der Waals surface area contributed by atoms with Crippen molar-refractivity contribution in [2.24, 2.45) is 0 Å². The van der Waals surface area contributed by atoms with Gasteiger partial charge < -0.3 is 19.8 Å². The van der Waals surface area contributed by atoms with Crippen LogP contribution >= 0.6 is 0 Å². The van der Waals surface area contributed by atoms with Gasteiger partial charge >= 0.3 is 0 Å². The van der Waals surface area contributed by atoms with Gasteiger partial charge in [0.05, 0.1) is 12.6 Å². The third kappa shape index (κ3) is 3.92. The molecule has 2 N–H and O–H groups in total. The van der Waals surface area contributed by atoms with Crippen LogP contribution in [0.15, 0.2) is 65.5 Å². The molecular formula is C25H20F2N2O5. The van der Waals surface area contributed by atoms with E-state index in [2.05, 4.69) is 0 Å². The highest BCUT2D eigenvalue weighted by atomic mass is 19.1. The van der Waals surface area contributed by atoms with E-state index in [1.807, 2.05) is 0 Å². The van der Waals surface area contributed by atoms with Gasteiger partial charge in [0.2, 0.25) is 0 Å². The molecule has 0 bridgehead atoms. The highest BCUT2D eigenvalue weighted by Crippen LogP contribution is 2.32. The second kappa shape index (κ2) is 8.86. The molecule has 9 heteroatoms. The number of hydrogen-bond acceptors (Lipinski definition) is 5. The lowest BCUT2D eigenvalue weighted by molar-refractivity contribution is 0.0984. The molecule has 1 heterocycles. The minimum absolute atomic E-state index is 0.0273. The third-order valence-electron chi connectivity index (χ3n) is 5.40. The number of carbonyl (C=O) groups is 1.